The predicted molar refractivity (Wildman–Crippen MR) is 128 cm³/mol. The predicted octanol–water partition coefficient (Wildman–Crippen LogP) is 7.80. The molecule has 2 unspecified atom stereocenters. The average molecular weight is 461 g/mol. The summed E-state index contributed by atoms with van der Waals surface area (Å²) in [5.41, 5.74) is 0. The number of fused-ring (bicyclic) bond motifs is 1. The lowest BCUT2D eigenvalue weighted by Crippen LogP contribution is -2.21. The SMILES string of the molecule is CC(=O)c1ccc(CCC[C@H]2CC(F)C(Cl)[C@@H]2CSc2ccc3ccccc3c2)s1. The van der Waals surface area contributed by atoms with Crippen LogP contribution in [0.1, 0.15) is 40.7 Å². The third-order valence-electron chi connectivity index (χ3n) is 6.06. The first-order valence-corrected chi connectivity index (χ1v) is 12.7. The summed E-state index contributed by atoms with van der Waals surface area (Å²) in [6.45, 7) is 1.61. The van der Waals surface area contributed by atoms with Crippen LogP contribution in [0.4, 0.5) is 4.39 Å². The van der Waals surface area contributed by atoms with Gasteiger partial charge in [0, 0.05) is 15.5 Å². The van der Waals surface area contributed by atoms with E-state index in [2.05, 4.69) is 42.5 Å². The molecule has 1 aliphatic rings. The highest BCUT2D eigenvalue weighted by Gasteiger charge is 2.41. The Kier molecular flexibility index (Phi) is 7.17. The number of alkyl halides is 2. The molecule has 0 amide bonds. The van der Waals surface area contributed by atoms with Gasteiger partial charge in [-0.05, 0) is 79.5 Å². The summed E-state index contributed by atoms with van der Waals surface area (Å²) in [5, 5.41) is 2.08. The molecule has 0 aliphatic heterocycles. The molecule has 158 valence electrons. The van der Waals surface area contributed by atoms with Crippen molar-refractivity contribution in [2.75, 3.05) is 5.75 Å². The highest BCUT2D eigenvalue weighted by atomic mass is 35.5. The van der Waals surface area contributed by atoms with Gasteiger partial charge in [0.05, 0.1) is 10.3 Å². The van der Waals surface area contributed by atoms with Crippen LogP contribution in [0, 0.1) is 11.8 Å². The average Bonchev–Trinajstić information content (AvgIpc) is 3.32. The maximum absolute atomic E-state index is 14.4. The molecule has 0 spiro atoms. The van der Waals surface area contributed by atoms with Crippen LogP contribution in [0.3, 0.4) is 0 Å². The van der Waals surface area contributed by atoms with Crippen molar-refractivity contribution in [2.24, 2.45) is 11.8 Å². The van der Waals surface area contributed by atoms with Gasteiger partial charge in [0.2, 0.25) is 0 Å². The summed E-state index contributed by atoms with van der Waals surface area (Å²) in [6.07, 6.45) is 2.60. The minimum absolute atomic E-state index is 0.123. The van der Waals surface area contributed by atoms with Crippen molar-refractivity contribution in [1.82, 2.24) is 0 Å². The van der Waals surface area contributed by atoms with Crippen molar-refractivity contribution >= 4 is 51.3 Å². The first kappa shape index (κ1) is 21.9. The zero-order chi connectivity index (χ0) is 21.1. The quantitative estimate of drug-likeness (QED) is 0.194. The van der Waals surface area contributed by atoms with E-state index in [1.807, 2.05) is 12.1 Å². The Morgan fingerprint density at radius 3 is 2.73 bits per heavy atom. The topological polar surface area (TPSA) is 17.1 Å². The number of aryl methyl sites for hydroxylation is 1. The zero-order valence-corrected chi connectivity index (χ0v) is 19.4. The molecule has 0 saturated heterocycles. The van der Waals surface area contributed by atoms with Crippen LogP contribution in [0.5, 0.6) is 0 Å². The number of carbonyl (C=O) groups excluding carboxylic acids is 1. The van der Waals surface area contributed by atoms with Crippen molar-refractivity contribution in [3.63, 3.8) is 0 Å². The first-order chi connectivity index (χ1) is 14.5. The molecule has 1 aromatic heterocycles. The van der Waals surface area contributed by atoms with E-state index in [4.69, 9.17) is 11.6 Å². The minimum atomic E-state index is -0.912. The second kappa shape index (κ2) is 9.84. The van der Waals surface area contributed by atoms with Gasteiger partial charge >= 0.3 is 0 Å². The summed E-state index contributed by atoms with van der Waals surface area (Å²) >= 11 is 9.87. The normalized spacial score (nSPS) is 23.8. The smallest absolute Gasteiger partial charge is 0.169 e. The lowest BCUT2D eigenvalue weighted by atomic mass is 9.92. The van der Waals surface area contributed by atoms with E-state index >= 15 is 0 Å². The summed E-state index contributed by atoms with van der Waals surface area (Å²) in [7, 11) is 0. The number of Topliss-reactive ketones (excluding diaryl/α,β-unsaturated/α-hetero) is 1. The van der Waals surface area contributed by atoms with Gasteiger partial charge in [-0.25, -0.2) is 4.39 Å². The van der Waals surface area contributed by atoms with E-state index in [9.17, 15) is 9.18 Å². The van der Waals surface area contributed by atoms with E-state index < -0.39 is 11.5 Å². The second-order valence-corrected chi connectivity index (χ2v) is 10.9. The van der Waals surface area contributed by atoms with E-state index in [0.29, 0.717) is 12.3 Å². The van der Waals surface area contributed by atoms with Crippen molar-refractivity contribution in [3.8, 4) is 0 Å². The number of halogens is 2. The van der Waals surface area contributed by atoms with Gasteiger partial charge < -0.3 is 0 Å². The fourth-order valence-corrected chi connectivity index (χ4v) is 7.06. The Morgan fingerprint density at radius 2 is 1.97 bits per heavy atom. The highest BCUT2D eigenvalue weighted by molar-refractivity contribution is 7.99. The van der Waals surface area contributed by atoms with Crippen LogP contribution < -0.4 is 0 Å². The Hall–Kier alpha value is -1.36. The summed E-state index contributed by atoms with van der Waals surface area (Å²) < 4.78 is 14.4. The number of thioether (sulfide) groups is 1. The van der Waals surface area contributed by atoms with Crippen molar-refractivity contribution in [3.05, 3.63) is 64.4 Å². The molecule has 4 rings (SSSR count). The van der Waals surface area contributed by atoms with Gasteiger partial charge in [0.25, 0.3) is 0 Å². The van der Waals surface area contributed by atoms with Crippen LogP contribution in [-0.2, 0) is 6.42 Å². The summed E-state index contributed by atoms with van der Waals surface area (Å²) in [4.78, 5) is 14.7. The monoisotopic (exact) mass is 460 g/mol. The van der Waals surface area contributed by atoms with Gasteiger partial charge in [0.15, 0.2) is 5.78 Å². The Balaban J connectivity index is 1.34. The fraction of sp³-hybridized carbons (Fsp3) is 0.400. The third kappa shape index (κ3) is 5.09. The fourth-order valence-electron chi connectivity index (χ4n) is 4.37. The maximum Gasteiger partial charge on any atom is 0.169 e. The summed E-state index contributed by atoms with van der Waals surface area (Å²) in [5.74, 6) is 1.49. The van der Waals surface area contributed by atoms with E-state index in [1.165, 1.54) is 20.5 Å². The first-order valence-electron chi connectivity index (χ1n) is 10.5. The number of hydrogen-bond acceptors (Lipinski definition) is 3. The molecular weight excluding hydrogens is 435 g/mol. The molecule has 5 heteroatoms. The van der Waals surface area contributed by atoms with E-state index in [0.717, 1.165) is 29.9 Å². The largest absolute Gasteiger partial charge is 0.294 e. The van der Waals surface area contributed by atoms with Gasteiger partial charge in [-0.3, -0.25) is 4.79 Å². The highest BCUT2D eigenvalue weighted by Crippen LogP contribution is 2.43. The molecular formula is C25H26ClFOS2. The van der Waals surface area contributed by atoms with Gasteiger partial charge in [-0.1, -0.05) is 30.3 Å². The minimum Gasteiger partial charge on any atom is -0.294 e. The molecule has 1 heterocycles. The van der Waals surface area contributed by atoms with Gasteiger partial charge in [-0.2, -0.15) is 0 Å². The number of carbonyl (C=O) groups is 1. The molecule has 1 saturated carbocycles. The molecule has 1 aliphatic carbocycles. The van der Waals surface area contributed by atoms with Crippen molar-refractivity contribution < 1.29 is 9.18 Å². The number of ketones is 1. The Morgan fingerprint density at radius 1 is 1.17 bits per heavy atom. The molecule has 1 nitrogen and oxygen atoms in total. The standard InChI is InChI=1S/C25H26ClFOS2/c1-16(28)24-12-11-20(30-24)8-4-7-19-14-23(27)25(26)22(19)15-29-21-10-9-17-5-2-3-6-18(17)13-21/h2-3,5-6,9-13,19,22-23,25H,4,7-8,14-15H2,1H3/t19-,22+,23?,25?/m0/s1. The van der Waals surface area contributed by atoms with Crippen LogP contribution in [0.25, 0.3) is 10.8 Å². The second-order valence-electron chi connectivity index (χ2n) is 8.15. The number of thiophene rings is 1. The molecule has 4 atom stereocenters. The zero-order valence-electron chi connectivity index (χ0n) is 17.0. The van der Waals surface area contributed by atoms with Crippen molar-refractivity contribution in [2.45, 2.75) is 49.1 Å². The van der Waals surface area contributed by atoms with Crippen LogP contribution in [-0.4, -0.2) is 23.1 Å². The Labute approximate surface area is 191 Å². The molecule has 30 heavy (non-hydrogen) atoms. The van der Waals surface area contributed by atoms with Crippen LogP contribution in [0.15, 0.2) is 59.5 Å². The van der Waals surface area contributed by atoms with Gasteiger partial charge in [0.1, 0.15) is 6.17 Å². The number of benzene rings is 2. The molecule has 3 aromatic rings. The summed E-state index contributed by atoms with van der Waals surface area (Å²) in [6, 6.07) is 18.8. The Bertz CT molecular complexity index is 1020. The molecule has 1 fully saturated rings. The molecule has 2 aromatic carbocycles. The third-order valence-corrected chi connectivity index (χ3v) is 9.04. The van der Waals surface area contributed by atoms with Crippen LogP contribution >= 0.6 is 34.7 Å². The molecule has 0 N–H and O–H groups in total. The number of hydrogen-bond donors (Lipinski definition) is 0. The molecule has 0 radical (unpaired) electrons. The lowest BCUT2D eigenvalue weighted by molar-refractivity contribution is 0.102. The number of rotatable bonds is 8. The van der Waals surface area contributed by atoms with E-state index in [1.54, 1.807) is 30.0 Å². The maximum atomic E-state index is 14.4. The van der Waals surface area contributed by atoms with Gasteiger partial charge in [-0.15, -0.1) is 34.7 Å². The van der Waals surface area contributed by atoms with Crippen LogP contribution in [0.2, 0.25) is 0 Å². The van der Waals surface area contributed by atoms with Crippen molar-refractivity contribution in [1.29, 1.82) is 0 Å². The lowest BCUT2D eigenvalue weighted by Gasteiger charge is -2.21. The molecule has 0 bridgehead atoms. The van der Waals surface area contributed by atoms with E-state index in [-0.39, 0.29) is 11.7 Å².